The zero-order chi connectivity index (χ0) is 13.3. The van der Waals surface area contributed by atoms with Crippen molar-refractivity contribution in [2.75, 3.05) is 5.75 Å². The number of nitrogens with zero attached hydrogens (tertiary/aromatic N) is 2. The van der Waals surface area contributed by atoms with Crippen LogP contribution in [0.25, 0.3) is 0 Å². The summed E-state index contributed by atoms with van der Waals surface area (Å²) in [6.07, 6.45) is 1.07. The molecule has 1 aromatic rings. The predicted molar refractivity (Wildman–Crippen MR) is 75.0 cm³/mol. The van der Waals surface area contributed by atoms with E-state index >= 15 is 0 Å². The number of aryl methyl sites for hydroxylation is 1. The first-order valence-corrected chi connectivity index (χ1v) is 7.85. The fraction of sp³-hybridized carbons (Fsp3) is 0.583. The number of fused-ring (bicyclic) bond motifs is 1. The van der Waals surface area contributed by atoms with Crippen molar-refractivity contribution in [1.29, 1.82) is 0 Å². The van der Waals surface area contributed by atoms with E-state index < -0.39 is 0 Å². The Bertz CT molecular complexity index is 479. The number of primary amides is 1. The van der Waals surface area contributed by atoms with Crippen LogP contribution < -0.4 is 5.73 Å². The van der Waals surface area contributed by atoms with Crippen molar-refractivity contribution >= 4 is 29.4 Å². The van der Waals surface area contributed by atoms with Gasteiger partial charge in [-0.05, 0) is 13.3 Å². The average molecular weight is 283 g/mol. The molecule has 0 bridgehead atoms. The monoisotopic (exact) mass is 283 g/mol. The number of hydrogen-bond donors (Lipinski definition) is 1. The Hall–Kier alpha value is -0.750. The minimum absolute atomic E-state index is 0.276. The molecule has 0 fully saturated rings. The maximum atomic E-state index is 10.9. The highest BCUT2D eigenvalue weighted by Gasteiger charge is 2.33. The molecule has 0 aromatic carbocycles. The van der Waals surface area contributed by atoms with Crippen LogP contribution in [0, 0.1) is 6.92 Å². The number of carbonyl (C=O) groups excluding carboxylic acids is 1. The molecule has 0 aliphatic carbocycles. The van der Waals surface area contributed by atoms with E-state index in [-0.39, 0.29) is 11.7 Å². The van der Waals surface area contributed by atoms with Gasteiger partial charge in [0.1, 0.15) is 15.9 Å². The van der Waals surface area contributed by atoms with Crippen molar-refractivity contribution < 1.29 is 4.79 Å². The van der Waals surface area contributed by atoms with Crippen molar-refractivity contribution in [2.45, 2.75) is 48.4 Å². The Morgan fingerprint density at radius 2 is 2.22 bits per heavy atom. The third kappa shape index (κ3) is 2.64. The first-order valence-electron chi connectivity index (χ1n) is 5.99. The molecular weight excluding hydrogens is 266 g/mol. The van der Waals surface area contributed by atoms with Crippen LogP contribution in [0.4, 0.5) is 0 Å². The molecule has 4 nitrogen and oxygen atoms in total. The number of carbonyl (C=O) groups is 1. The summed E-state index contributed by atoms with van der Waals surface area (Å²) in [6.45, 7) is 6.29. The quantitative estimate of drug-likeness (QED) is 0.678. The van der Waals surface area contributed by atoms with Crippen LogP contribution >= 0.6 is 23.5 Å². The fourth-order valence-electron chi connectivity index (χ4n) is 2.22. The molecule has 1 amide bonds. The second kappa shape index (κ2) is 5.48. The largest absolute Gasteiger partial charge is 0.369 e. The van der Waals surface area contributed by atoms with Crippen molar-refractivity contribution in [1.82, 2.24) is 9.97 Å². The van der Waals surface area contributed by atoms with E-state index in [1.54, 1.807) is 11.8 Å². The molecular formula is C12H17N3OS2. The van der Waals surface area contributed by atoms with Gasteiger partial charge in [-0.15, -0.1) is 11.8 Å². The van der Waals surface area contributed by atoms with Crippen molar-refractivity contribution in [3.05, 3.63) is 11.4 Å². The molecule has 0 saturated heterocycles. The lowest BCUT2D eigenvalue weighted by Crippen LogP contribution is -2.14. The average Bonchev–Trinajstić information content (AvgIpc) is 2.60. The van der Waals surface area contributed by atoms with E-state index in [4.69, 9.17) is 5.73 Å². The third-order valence-corrected chi connectivity index (χ3v) is 5.26. The molecule has 6 heteroatoms. The lowest BCUT2D eigenvalue weighted by atomic mass is 9.96. The number of thioether (sulfide) groups is 2. The molecule has 2 atom stereocenters. The molecule has 0 radical (unpaired) electrons. The molecule has 98 valence electrons. The molecule has 0 spiro atoms. The predicted octanol–water partition coefficient (Wildman–Crippen LogP) is 2.35. The lowest BCUT2D eigenvalue weighted by Gasteiger charge is -2.14. The number of aromatic nitrogens is 2. The maximum Gasteiger partial charge on any atom is 0.227 e. The van der Waals surface area contributed by atoms with E-state index in [2.05, 4.69) is 23.8 Å². The minimum Gasteiger partial charge on any atom is -0.369 e. The molecule has 1 aromatic heterocycles. The Morgan fingerprint density at radius 3 is 2.83 bits per heavy atom. The van der Waals surface area contributed by atoms with Gasteiger partial charge >= 0.3 is 0 Å². The minimum atomic E-state index is -0.309. The van der Waals surface area contributed by atoms with Crippen LogP contribution in [0.5, 0.6) is 0 Å². The van der Waals surface area contributed by atoms with Gasteiger partial charge in [0.2, 0.25) is 5.91 Å². The fourth-order valence-corrected chi connectivity index (χ4v) is 4.56. The first kappa shape index (κ1) is 13.7. The van der Waals surface area contributed by atoms with E-state index in [9.17, 15) is 4.79 Å². The zero-order valence-corrected chi connectivity index (χ0v) is 12.4. The summed E-state index contributed by atoms with van der Waals surface area (Å²) in [5, 5.41) is 2.53. The van der Waals surface area contributed by atoms with Crippen molar-refractivity contribution in [2.24, 2.45) is 5.73 Å². The number of amides is 1. The highest BCUT2D eigenvalue weighted by molar-refractivity contribution is 8.01. The molecule has 0 saturated carbocycles. The van der Waals surface area contributed by atoms with Crippen LogP contribution in [-0.2, 0) is 4.79 Å². The van der Waals surface area contributed by atoms with Crippen LogP contribution in [0.3, 0.4) is 0 Å². The van der Waals surface area contributed by atoms with Gasteiger partial charge in [0, 0.05) is 16.7 Å². The normalized spacial score (nSPS) is 21.9. The van der Waals surface area contributed by atoms with Crippen LogP contribution in [0.2, 0.25) is 0 Å². The summed E-state index contributed by atoms with van der Waals surface area (Å²) >= 11 is 3.24. The Labute approximate surface area is 116 Å². The Kier molecular flexibility index (Phi) is 4.17. The highest BCUT2D eigenvalue weighted by Crippen LogP contribution is 2.48. The first-order chi connectivity index (χ1) is 8.52. The van der Waals surface area contributed by atoms with Gasteiger partial charge in [0.15, 0.2) is 0 Å². The van der Waals surface area contributed by atoms with Crippen LogP contribution in [0.1, 0.15) is 37.6 Å². The van der Waals surface area contributed by atoms with Crippen molar-refractivity contribution in [3.63, 3.8) is 0 Å². The Balaban J connectivity index is 2.38. The van der Waals surface area contributed by atoms with Gasteiger partial charge in [0.25, 0.3) is 0 Å². The van der Waals surface area contributed by atoms with Crippen molar-refractivity contribution in [3.8, 4) is 0 Å². The topological polar surface area (TPSA) is 68.9 Å². The zero-order valence-electron chi connectivity index (χ0n) is 10.8. The summed E-state index contributed by atoms with van der Waals surface area (Å²) in [5.41, 5.74) is 6.42. The van der Waals surface area contributed by atoms with Gasteiger partial charge in [-0.1, -0.05) is 25.6 Å². The van der Waals surface area contributed by atoms with Gasteiger partial charge in [-0.2, -0.15) is 0 Å². The van der Waals surface area contributed by atoms with Crippen LogP contribution in [0.15, 0.2) is 10.1 Å². The standard InChI is InChI=1S/C12H17N3OS2/c1-4-8-6(2)18-12-10(8)11(14-7(3)15-12)17-5-9(13)16/h6,8H,4-5H2,1-3H3,(H2,13,16)/t6-,8+/m0/s1. The molecule has 2 rings (SSSR count). The molecule has 1 aliphatic rings. The number of nitrogens with two attached hydrogens (primary N) is 1. The molecule has 18 heavy (non-hydrogen) atoms. The lowest BCUT2D eigenvalue weighted by molar-refractivity contribution is -0.115. The summed E-state index contributed by atoms with van der Waals surface area (Å²) in [7, 11) is 0. The summed E-state index contributed by atoms with van der Waals surface area (Å²) in [5.74, 6) is 1.20. The van der Waals surface area contributed by atoms with E-state index in [1.165, 1.54) is 17.3 Å². The second-order valence-electron chi connectivity index (χ2n) is 4.39. The smallest absolute Gasteiger partial charge is 0.227 e. The second-order valence-corrected chi connectivity index (χ2v) is 6.72. The van der Waals surface area contributed by atoms with Gasteiger partial charge in [0.05, 0.1) is 5.75 Å². The number of hydrogen-bond acceptors (Lipinski definition) is 5. The molecule has 2 N–H and O–H groups in total. The molecule has 0 unspecified atom stereocenters. The summed E-state index contributed by atoms with van der Waals surface area (Å²) < 4.78 is 0. The highest BCUT2D eigenvalue weighted by atomic mass is 32.2. The van der Waals surface area contributed by atoms with E-state index in [0.29, 0.717) is 11.2 Å². The molecule has 2 heterocycles. The SMILES string of the molecule is CC[C@H]1c2c(SCC(N)=O)nc(C)nc2S[C@H]1C. The third-order valence-electron chi connectivity index (χ3n) is 3.01. The summed E-state index contributed by atoms with van der Waals surface area (Å²) in [4.78, 5) is 19.9. The maximum absolute atomic E-state index is 10.9. The number of rotatable bonds is 4. The Morgan fingerprint density at radius 1 is 1.50 bits per heavy atom. The summed E-state index contributed by atoms with van der Waals surface area (Å²) in [6, 6.07) is 0. The van der Waals surface area contributed by atoms with Crippen LogP contribution in [-0.4, -0.2) is 26.9 Å². The van der Waals surface area contributed by atoms with E-state index in [0.717, 1.165) is 22.3 Å². The van der Waals surface area contributed by atoms with Gasteiger partial charge in [-0.25, -0.2) is 9.97 Å². The molecule has 1 aliphatic heterocycles. The van der Waals surface area contributed by atoms with E-state index in [1.807, 2.05) is 6.92 Å². The van der Waals surface area contributed by atoms with Gasteiger partial charge in [-0.3, -0.25) is 4.79 Å². The van der Waals surface area contributed by atoms with Gasteiger partial charge < -0.3 is 5.73 Å².